The first kappa shape index (κ1) is 13.7. The molecule has 2 aromatic carbocycles. The van der Waals surface area contributed by atoms with E-state index in [-0.39, 0.29) is 11.7 Å². The predicted octanol–water partition coefficient (Wildman–Crippen LogP) is 3.63. The average molecular weight is 275 g/mol. The Bertz CT molecular complexity index is 583. The molecule has 0 radical (unpaired) electrons. The van der Waals surface area contributed by atoms with Crippen molar-refractivity contribution in [2.75, 3.05) is 17.3 Å². The zero-order valence-corrected chi connectivity index (χ0v) is 11.7. The highest BCUT2D eigenvalue weighted by atomic mass is 32.2. The van der Waals surface area contributed by atoms with Crippen molar-refractivity contribution in [2.24, 2.45) is 0 Å². The first-order chi connectivity index (χ1) is 9.22. The Hall–Kier alpha value is -1.68. The monoisotopic (exact) mass is 275 g/mol. The molecular weight excluding hydrogens is 258 g/mol. The molecule has 0 fully saturated rings. The summed E-state index contributed by atoms with van der Waals surface area (Å²) < 4.78 is 0. The number of carbonyl (C=O) groups is 1. The molecule has 0 saturated carbocycles. The SMILES string of the molecule is CSCCCC(=O)Nc1cccc2c(O)cccc12. The van der Waals surface area contributed by atoms with Crippen LogP contribution in [0.1, 0.15) is 12.8 Å². The van der Waals surface area contributed by atoms with Gasteiger partial charge < -0.3 is 10.4 Å². The fourth-order valence-corrected chi connectivity index (χ4v) is 2.43. The van der Waals surface area contributed by atoms with Gasteiger partial charge >= 0.3 is 0 Å². The van der Waals surface area contributed by atoms with Gasteiger partial charge in [0.15, 0.2) is 0 Å². The highest BCUT2D eigenvalue weighted by molar-refractivity contribution is 7.98. The molecule has 2 rings (SSSR count). The Kier molecular flexibility index (Phi) is 4.68. The zero-order valence-electron chi connectivity index (χ0n) is 10.8. The van der Waals surface area contributed by atoms with Gasteiger partial charge in [0.1, 0.15) is 5.75 Å². The fourth-order valence-electron chi connectivity index (χ4n) is 1.99. The van der Waals surface area contributed by atoms with Crippen LogP contribution in [0.15, 0.2) is 36.4 Å². The largest absolute Gasteiger partial charge is 0.507 e. The van der Waals surface area contributed by atoms with Crippen LogP contribution in [-0.4, -0.2) is 23.0 Å². The van der Waals surface area contributed by atoms with E-state index in [2.05, 4.69) is 5.32 Å². The summed E-state index contributed by atoms with van der Waals surface area (Å²) >= 11 is 1.74. The van der Waals surface area contributed by atoms with Crippen LogP contribution in [0.25, 0.3) is 10.8 Å². The van der Waals surface area contributed by atoms with Crippen molar-refractivity contribution in [3.63, 3.8) is 0 Å². The number of fused-ring (bicyclic) bond motifs is 1. The molecule has 0 spiro atoms. The van der Waals surface area contributed by atoms with E-state index >= 15 is 0 Å². The third-order valence-corrected chi connectivity index (χ3v) is 3.62. The number of nitrogens with one attached hydrogen (secondary N) is 1. The Morgan fingerprint density at radius 1 is 1.21 bits per heavy atom. The van der Waals surface area contributed by atoms with E-state index in [1.165, 1.54) is 0 Å². The Morgan fingerprint density at radius 3 is 2.74 bits per heavy atom. The van der Waals surface area contributed by atoms with Gasteiger partial charge in [-0.15, -0.1) is 0 Å². The minimum Gasteiger partial charge on any atom is -0.507 e. The van der Waals surface area contributed by atoms with E-state index in [1.54, 1.807) is 23.9 Å². The number of amides is 1. The van der Waals surface area contributed by atoms with Crippen molar-refractivity contribution < 1.29 is 9.90 Å². The normalized spacial score (nSPS) is 10.6. The molecule has 100 valence electrons. The summed E-state index contributed by atoms with van der Waals surface area (Å²) in [6, 6.07) is 10.8. The summed E-state index contributed by atoms with van der Waals surface area (Å²) in [6.45, 7) is 0. The minimum absolute atomic E-state index is 0.0184. The third-order valence-electron chi connectivity index (χ3n) is 2.93. The standard InChI is InChI=1S/C15H17NO2S/c1-19-10-4-9-15(18)16-13-7-2-6-12-11(13)5-3-8-14(12)17/h2-3,5-8,17H,4,9-10H2,1H3,(H,16,18). The first-order valence-corrected chi connectivity index (χ1v) is 7.61. The molecule has 3 nitrogen and oxygen atoms in total. The molecule has 0 aliphatic carbocycles. The number of phenolic OH excluding ortho intramolecular Hbond substituents is 1. The predicted molar refractivity (Wildman–Crippen MR) is 81.9 cm³/mol. The molecule has 0 unspecified atom stereocenters. The minimum atomic E-state index is 0.0184. The summed E-state index contributed by atoms with van der Waals surface area (Å²) in [5, 5.41) is 14.3. The van der Waals surface area contributed by atoms with Gasteiger partial charge in [-0.05, 0) is 30.6 Å². The van der Waals surface area contributed by atoms with Gasteiger partial charge in [-0.3, -0.25) is 4.79 Å². The van der Waals surface area contributed by atoms with Crippen molar-refractivity contribution in [3.8, 4) is 5.75 Å². The molecule has 2 N–H and O–H groups in total. The molecule has 0 bridgehead atoms. The maximum absolute atomic E-state index is 11.8. The second-order valence-electron chi connectivity index (χ2n) is 4.32. The number of phenols is 1. The van der Waals surface area contributed by atoms with Gasteiger partial charge in [-0.1, -0.05) is 24.3 Å². The van der Waals surface area contributed by atoms with Gasteiger partial charge in [0.25, 0.3) is 0 Å². The van der Waals surface area contributed by atoms with Gasteiger partial charge in [0, 0.05) is 22.9 Å². The molecule has 2 aromatic rings. The van der Waals surface area contributed by atoms with Crippen molar-refractivity contribution >= 4 is 34.1 Å². The maximum atomic E-state index is 11.8. The summed E-state index contributed by atoms with van der Waals surface area (Å²) in [7, 11) is 0. The molecule has 0 saturated heterocycles. The topological polar surface area (TPSA) is 49.3 Å². The summed E-state index contributed by atoms with van der Waals surface area (Å²) in [6.07, 6.45) is 3.43. The molecule has 0 aromatic heterocycles. The number of anilines is 1. The third kappa shape index (κ3) is 3.41. The van der Waals surface area contributed by atoms with Crippen LogP contribution in [0.4, 0.5) is 5.69 Å². The number of hydrogen-bond acceptors (Lipinski definition) is 3. The van der Waals surface area contributed by atoms with Crippen LogP contribution in [-0.2, 0) is 4.79 Å². The van der Waals surface area contributed by atoms with Crippen molar-refractivity contribution in [2.45, 2.75) is 12.8 Å². The number of carbonyl (C=O) groups excluding carboxylic acids is 1. The van der Waals surface area contributed by atoms with Crippen LogP contribution in [0.3, 0.4) is 0 Å². The summed E-state index contributed by atoms with van der Waals surface area (Å²) in [4.78, 5) is 11.8. The lowest BCUT2D eigenvalue weighted by Gasteiger charge is -2.09. The number of thioether (sulfide) groups is 1. The molecule has 0 aliphatic heterocycles. The smallest absolute Gasteiger partial charge is 0.224 e. The summed E-state index contributed by atoms with van der Waals surface area (Å²) in [5.41, 5.74) is 0.752. The number of hydrogen-bond donors (Lipinski definition) is 2. The van der Waals surface area contributed by atoms with E-state index in [4.69, 9.17) is 0 Å². The van der Waals surface area contributed by atoms with Crippen LogP contribution in [0.5, 0.6) is 5.75 Å². The van der Waals surface area contributed by atoms with Gasteiger partial charge in [-0.2, -0.15) is 11.8 Å². The second-order valence-corrected chi connectivity index (χ2v) is 5.31. The van der Waals surface area contributed by atoms with Crippen LogP contribution >= 0.6 is 11.8 Å². The zero-order chi connectivity index (χ0) is 13.7. The molecule has 0 heterocycles. The van der Waals surface area contributed by atoms with Crippen LogP contribution in [0.2, 0.25) is 0 Å². The van der Waals surface area contributed by atoms with E-state index in [9.17, 15) is 9.90 Å². The van der Waals surface area contributed by atoms with E-state index in [0.717, 1.165) is 28.6 Å². The number of aromatic hydroxyl groups is 1. The first-order valence-electron chi connectivity index (χ1n) is 6.22. The van der Waals surface area contributed by atoms with Crippen LogP contribution in [0, 0.1) is 0 Å². The Labute approximate surface area is 117 Å². The quantitative estimate of drug-likeness (QED) is 0.819. The Morgan fingerprint density at radius 2 is 1.95 bits per heavy atom. The average Bonchev–Trinajstić information content (AvgIpc) is 2.40. The number of rotatable bonds is 5. The molecule has 4 heteroatoms. The molecule has 19 heavy (non-hydrogen) atoms. The van der Waals surface area contributed by atoms with Gasteiger partial charge in [0.05, 0.1) is 0 Å². The lowest BCUT2D eigenvalue weighted by atomic mass is 10.1. The second kappa shape index (κ2) is 6.48. The maximum Gasteiger partial charge on any atom is 0.224 e. The van der Waals surface area contributed by atoms with Crippen LogP contribution < -0.4 is 5.32 Å². The highest BCUT2D eigenvalue weighted by Crippen LogP contribution is 2.29. The fraction of sp³-hybridized carbons (Fsp3) is 0.267. The van der Waals surface area contributed by atoms with Crippen molar-refractivity contribution in [3.05, 3.63) is 36.4 Å². The van der Waals surface area contributed by atoms with E-state index < -0.39 is 0 Å². The van der Waals surface area contributed by atoms with Gasteiger partial charge in [0.2, 0.25) is 5.91 Å². The van der Waals surface area contributed by atoms with Crippen molar-refractivity contribution in [1.82, 2.24) is 0 Å². The molecule has 0 atom stereocenters. The molecular formula is C15H17NO2S. The van der Waals surface area contributed by atoms with E-state index in [0.29, 0.717) is 6.42 Å². The van der Waals surface area contributed by atoms with E-state index in [1.807, 2.05) is 30.5 Å². The van der Waals surface area contributed by atoms with Crippen molar-refractivity contribution in [1.29, 1.82) is 0 Å². The van der Waals surface area contributed by atoms with Gasteiger partial charge in [-0.25, -0.2) is 0 Å². The summed E-state index contributed by atoms with van der Waals surface area (Å²) in [5.74, 6) is 1.24. The Balaban J connectivity index is 2.17. The lowest BCUT2D eigenvalue weighted by Crippen LogP contribution is -2.11. The lowest BCUT2D eigenvalue weighted by molar-refractivity contribution is -0.116. The number of benzene rings is 2. The highest BCUT2D eigenvalue weighted by Gasteiger charge is 2.07. The molecule has 0 aliphatic rings. The molecule has 1 amide bonds.